The minimum Gasteiger partial charge on any atom is -0.371 e. The van der Waals surface area contributed by atoms with E-state index in [1.807, 2.05) is 12.1 Å². The van der Waals surface area contributed by atoms with Crippen LogP contribution in [0.25, 0.3) is 0 Å². The fraction of sp³-hybridized carbons (Fsp3) is 0.444. The zero-order valence-corrected chi connectivity index (χ0v) is 8.09. The third kappa shape index (κ3) is 2.66. The Balaban J connectivity index is 0.000000845. The molecule has 0 bridgehead atoms. The molecule has 1 aliphatic heterocycles. The topological polar surface area (TPSA) is 34.1 Å². The first-order chi connectivity index (χ1) is 5.97. The van der Waals surface area contributed by atoms with Gasteiger partial charge in [0.25, 0.3) is 0 Å². The first-order valence-electron chi connectivity index (χ1n) is 4.19. The molecule has 1 aliphatic rings. The van der Waals surface area contributed by atoms with Crippen molar-refractivity contribution in [1.29, 1.82) is 0 Å². The van der Waals surface area contributed by atoms with Crippen LogP contribution >= 0.6 is 12.4 Å². The maximum atomic E-state index is 5.57. The maximum absolute atomic E-state index is 5.57. The van der Waals surface area contributed by atoms with Crippen LogP contribution in [0.5, 0.6) is 0 Å². The monoisotopic (exact) mass is 200 g/mol. The van der Waals surface area contributed by atoms with Crippen molar-refractivity contribution in [1.82, 2.24) is 10.3 Å². The van der Waals surface area contributed by atoms with Crippen LogP contribution in [0.2, 0.25) is 0 Å². The third-order valence-electron chi connectivity index (χ3n) is 2.01. The Kier molecular flexibility index (Phi) is 4.15. The summed E-state index contributed by atoms with van der Waals surface area (Å²) in [5, 5.41) is 3.29. The SMILES string of the molecule is Cl.c1cc(C2CNCCO2)ccn1. The van der Waals surface area contributed by atoms with E-state index in [0.29, 0.717) is 0 Å². The Morgan fingerprint density at radius 1 is 1.38 bits per heavy atom. The summed E-state index contributed by atoms with van der Waals surface area (Å²) < 4.78 is 5.57. The van der Waals surface area contributed by atoms with Gasteiger partial charge in [0.1, 0.15) is 0 Å². The van der Waals surface area contributed by atoms with E-state index < -0.39 is 0 Å². The highest BCUT2D eigenvalue weighted by Gasteiger charge is 2.14. The summed E-state index contributed by atoms with van der Waals surface area (Å²) in [6.07, 6.45) is 3.81. The van der Waals surface area contributed by atoms with E-state index in [1.165, 1.54) is 5.56 Å². The molecule has 13 heavy (non-hydrogen) atoms. The summed E-state index contributed by atoms with van der Waals surface area (Å²) in [5.74, 6) is 0. The van der Waals surface area contributed by atoms with Gasteiger partial charge in [0.15, 0.2) is 0 Å². The van der Waals surface area contributed by atoms with Gasteiger partial charge < -0.3 is 10.1 Å². The summed E-state index contributed by atoms with van der Waals surface area (Å²) in [5.41, 5.74) is 1.21. The second kappa shape index (κ2) is 5.17. The molecule has 0 aliphatic carbocycles. The third-order valence-corrected chi connectivity index (χ3v) is 2.01. The van der Waals surface area contributed by atoms with Crippen LogP contribution < -0.4 is 5.32 Å². The normalized spacial score (nSPS) is 22.0. The Bertz CT molecular complexity index is 237. The number of pyridine rings is 1. The van der Waals surface area contributed by atoms with Gasteiger partial charge in [-0.05, 0) is 17.7 Å². The molecule has 1 unspecified atom stereocenters. The largest absolute Gasteiger partial charge is 0.371 e. The van der Waals surface area contributed by atoms with Crippen LogP contribution in [0.1, 0.15) is 11.7 Å². The first kappa shape index (κ1) is 10.4. The van der Waals surface area contributed by atoms with Crippen molar-refractivity contribution < 1.29 is 4.74 Å². The molecule has 0 amide bonds. The lowest BCUT2D eigenvalue weighted by atomic mass is 10.1. The van der Waals surface area contributed by atoms with Crippen LogP contribution in [-0.4, -0.2) is 24.7 Å². The molecule has 4 heteroatoms. The van der Waals surface area contributed by atoms with Crippen LogP contribution in [0.4, 0.5) is 0 Å². The lowest BCUT2D eigenvalue weighted by Gasteiger charge is -2.23. The van der Waals surface area contributed by atoms with E-state index in [9.17, 15) is 0 Å². The van der Waals surface area contributed by atoms with Gasteiger partial charge in [0, 0.05) is 25.5 Å². The van der Waals surface area contributed by atoms with Crippen molar-refractivity contribution in [3.63, 3.8) is 0 Å². The van der Waals surface area contributed by atoms with E-state index in [-0.39, 0.29) is 18.5 Å². The molecule has 72 valence electrons. The molecule has 0 spiro atoms. The number of nitrogens with one attached hydrogen (secondary N) is 1. The summed E-state index contributed by atoms with van der Waals surface area (Å²) in [7, 11) is 0. The molecular formula is C9H13ClN2O. The van der Waals surface area contributed by atoms with Crippen molar-refractivity contribution in [2.24, 2.45) is 0 Å². The van der Waals surface area contributed by atoms with Gasteiger partial charge >= 0.3 is 0 Å². The standard InChI is InChI=1S/C9H12N2O.ClH/c1-3-10-4-2-8(1)9-7-11-5-6-12-9;/h1-4,9,11H,5-7H2;1H. The summed E-state index contributed by atoms with van der Waals surface area (Å²) >= 11 is 0. The van der Waals surface area contributed by atoms with Gasteiger partial charge in [0.05, 0.1) is 12.7 Å². The molecule has 0 saturated carbocycles. The zero-order valence-electron chi connectivity index (χ0n) is 7.27. The Morgan fingerprint density at radius 3 is 2.77 bits per heavy atom. The minimum absolute atomic E-state index is 0. The second-order valence-electron chi connectivity index (χ2n) is 2.84. The molecule has 2 rings (SSSR count). The number of aromatic nitrogens is 1. The fourth-order valence-electron chi connectivity index (χ4n) is 1.36. The molecular weight excluding hydrogens is 188 g/mol. The molecule has 0 radical (unpaired) electrons. The number of hydrogen-bond donors (Lipinski definition) is 1. The van der Waals surface area contributed by atoms with Crippen molar-refractivity contribution >= 4 is 12.4 Å². The van der Waals surface area contributed by atoms with Crippen LogP contribution in [0, 0.1) is 0 Å². The Labute approximate surface area is 83.9 Å². The molecule has 1 aromatic rings. The van der Waals surface area contributed by atoms with Crippen LogP contribution in [0.15, 0.2) is 24.5 Å². The smallest absolute Gasteiger partial charge is 0.0950 e. The second-order valence-corrected chi connectivity index (χ2v) is 2.84. The van der Waals surface area contributed by atoms with E-state index >= 15 is 0 Å². The molecule has 2 heterocycles. The number of halogens is 1. The first-order valence-corrected chi connectivity index (χ1v) is 4.19. The highest BCUT2D eigenvalue weighted by Crippen LogP contribution is 2.16. The quantitative estimate of drug-likeness (QED) is 0.739. The number of rotatable bonds is 1. The van der Waals surface area contributed by atoms with Gasteiger partial charge in [-0.15, -0.1) is 12.4 Å². The minimum atomic E-state index is 0. The average Bonchev–Trinajstić information content (AvgIpc) is 2.21. The molecule has 0 aromatic carbocycles. The van der Waals surface area contributed by atoms with Crippen LogP contribution in [-0.2, 0) is 4.74 Å². The highest BCUT2D eigenvalue weighted by atomic mass is 35.5. The number of morpholine rings is 1. The van der Waals surface area contributed by atoms with Gasteiger partial charge in [-0.3, -0.25) is 4.98 Å². The highest BCUT2D eigenvalue weighted by molar-refractivity contribution is 5.85. The van der Waals surface area contributed by atoms with Gasteiger partial charge in [-0.1, -0.05) is 0 Å². The van der Waals surface area contributed by atoms with Crippen molar-refractivity contribution in [3.8, 4) is 0 Å². The Hall–Kier alpha value is -0.640. The summed E-state index contributed by atoms with van der Waals surface area (Å²) in [6.45, 7) is 2.67. The molecule has 1 N–H and O–H groups in total. The number of hydrogen-bond acceptors (Lipinski definition) is 3. The number of ether oxygens (including phenoxy) is 1. The predicted molar refractivity (Wildman–Crippen MR) is 53.0 cm³/mol. The van der Waals surface area contributed by atoms with Crippen LogP contribution in [0.3, 0.4) is 0 Å². The molecule has 3 nitrogen and oxygen atoms in total. The maximum Gasteiger partial charge on any atom is 0.0950 e. The zero-order chi connectivity index (χ0) is 8.23. The van der Waals surface area contributed by atoms with Gasteiger partial charge in [-0.25, -0.2) is 0 Å². The van der Waals surface area contributed by atoms with Crippen molar-refractivity contribution in [2.75, 3.05) is 19.7 Å². The molecule has 1 atom stereocenters. The number of nitrogens with zero attached hydrogens (tertiary/aromatic N) is 1. The van der Waals surface area contributed by atoms with E-state index in [4.69, 9.17) is 4.74 Å². The van der Waals surface area contributed by atoms with Gasteiger partial charge in [0.2, 0.25) is 0 Å². The fourth-order valence-corrected chi connectivity index (χ4v) is 1.36. The predicted octanol–water partition coefficient (Wildman–Crippen LogP) is 1.16. The lowest BCUT2D eigenvalue weighted by molar-refractivity contribution is 0.0276. The summed E-state index contributed by atoms with van der Waals surface area (Å²) in [4.78, 5) is 3.96. The van der Waals surface area contributed by atoms with E-state index in [2.05, 4.69) is 10.3 Å². The Morgan fingerprint density at radius 2 is 2.15 bits per heavy atom. The van der Waals surface area contributed by atoms with E-state index in [1.54, 1.807) is 12.4 Å². The van der Waals surface area contributed by atoms with Crippen molar-refractivity contribution in [2.45, 2.75) is 6.10 Å². The molecule has 1 aromatic heterocycles. The van der Waals surface area contributed by atoms with E-state index in [0.717, 1.165) is 19.7 Å². The van der Waals surface area contributed by atoms with Crippen molar-refractivity contribution in [3.05, 3.63) is 30.1 Å². The summed E-state index contributed by atoms with van der Waals surface area (Å²) in [6, 6.07) is 4.00. The van der Waals surface area contributed by atoms with Gasteiger partial charge in [-0.2, -0.15) is 0 Å². The lowest BCUT2D eigenvalue weighted by Crippen LogP contribution is -2.33. The average molecular weight is 201 g/mol. The molecule has 1 fully saturated rings. The molecule has 1 saturated heterocycles.